The van der Waals surface area contributed by atoms with Crippen LogP contribution in [0.15, 0.2) is 34.9 Å². The first-order chi connectivity index (χ1) is 10.9. The Morgan fingerprint density at radius 3 is 2.39 bits per heavy atom. The predicted molar refractivity (Wildman–Crippen MR) is 90.0 cm³/mol. The fourth-order valence-electron chi connectivity index (χ4n) is 2.53. The van der Waals surface area contributed by atoms with Crippen molar-refractivity contribution in [2.24, 2.45) is 0 Å². The van der Waals surface area contributed by atoms with Gasteiger partial charge in [0.1, 0.15) is 6.04 Å². The maximum Gasteiger partial charge on any atom is 0.244 e. The number of likely N-dealkylation sites (N-methyl/N-ethyl adjacent to an activating group) is 2. The Kier molecular flexibility index (Phi) is 5.55. The number of hydrogen-bond donors (Lipinski definition) is 0. The number of aryl methyl sites for hydroxylation is 2. The van der Waals surface area contributed by atoms with E-state index in [1.807, 2.05) is 63.2 Å². The zero-order chi connectivity index (χ0) is 17.0. The molecule has 0 saturated carbocycles. The molecule has 1 aromatic carbocycles. The van der Waals surface area contributed by atoms with Crippen LogP contribution >= 0.6 is 0 Å². The van der Waals surface area contributed by atoms with Gasteiger partial charge in [0.05, 0.1) is 12.2 Å². The quantitative estimate of drug-likeness (QED) is 0.822. The Morgan fingerprint density at radius 1 is 1.22 bits per heavy atom. The van der Waals surface area contributed by atoms with Gasteiger partial charge in [-0.05, 0) is 33.0 Å². The standard InChI is InChI=1S/C18H25N3O2/c1-6-15-11-16(23-19-15)12-21(5)18(22)17(20(3)4)14-9-7-13(2)8-10-14/h7-11,17H,6,12H2,1-5H3. The average molecular weight is 315 g/mol. The van der Waals surface area contributed by atoms with Crippen molar-refractivity contribution in [3.8, 4) is 0 Å². The molecule has 0 spiro atoms. The van der Waals surface area contributed by atoms with Crippen LogP contribution in [0.2, 0.25) is 0 Å². The van der Waals surface area contributed by atoms with Gasteiger partial charge in [0.15, 0.2) is 5.76 Å². The van der Waals surface area contributed by atoms with Crippen LogP contribution in [0.1, 0.15) is 35.5 Å². The summed E-state index contributed by atoms with van der Waals surface area (Å²) in [5.41, 5.74) is 3.08. The minimum atomic E-state index is -0.311. The van der Waals surface area contributed by atoms with E-state index in [1.165, 1.54) is 5.56 Å². The molecule has 5 nitrogen and oxygen atoms in total. The van der Waals surface area contributed by atoms with E-state index < -0.39 is 0 Å². The molecule has 5 heteroatoms. The molecular weight excluding hydrogens is 290 g/mol. The summed E-state index contributed by atoms with van der Waals surface area (Å²) >= 11 is 0. The van der Waals surface area contributed by atoms with Gasteiger partial charge in [-0.25, -0.2) is 0 Å². The highest BCUT2D eigenvalue weighted by molar-refractivity contribution is 5.83. The molecule has 0 radical (unpaired) electrons. The van der Waals surface area contributed by atoms with E-state index in [1.54, 1.807) is 11.9 Å². The van der Waals surface area contributed by atoms with Crippen LogP contribution in [0.3, 0.4) is 0 Å². The summed E-state index contributed by atoms with van der Waals surface area (Å²) in [5, 5.41) is 3.97. The van der Waals surface area contributed by atoms with Gasteiger partial charge in [-0.15, -0.1) is 0 Å². The van der Waals surface area contributed by atoms with Crippen molar-refractivity contribution in [1.29, 1.82) is 0 Å². The van der Waals surface area contributed by atoms with Crippen molar-refractivity contribution < 1.29 is 9.32 Å². The molecule has 1 atom stereocenters. The van der Waals surface area contributed by atoms with Crippen LogP contribution in [-0.2, 0) is 17.8 Å². The van der Waals surface area contributed by atoms with Crippen molar-refractivity contribution >= 4 is 5.91 Å². The molecule has 23 heavy (non-hydrogen) atoms. The maximum atomic E-state index is 12.9. The van der Waals surface area contributed by atoms with E-state index in [-0.39, 0.29) is 11.9 Å². The number of amides is 1. The molecule has 0 fully saturated rings. The van der Waals surface area contributed by atoms with Crippen molar-refractivity contribution in [2.45, 2.75) is 32.9 Å². The Balaban J connectivity index is 2.15. The van der Waals surface area contributed by atoms with Gasteiger partial charge in [-0.2, -0.15) is 0 Å². The highest BCUT2D eigenvalue weighted by Crippen LogP contribution is 2.22. The van der Waals surface area contributed by atoms with Gasteiger partial charge in [-0.3, -0.25) is 9.69 Å². The summed E-state index contributed by atoms with van der Waals surface area (Å²) in [6.45, 7) is 4.48. The number of carbonyl (C=O) groups is 1. The molecule has 2 rings (SSSR count). The third kappa shape index (κ3) is 4.20. The smallest absolute Gasteiger partial charge is 0.244 e. The Labute approximate surface area is 137 Å². The van der Waals surface area contributed by atoms with Gasteiger partial charge >= 0.3 is 0 Å². The topological polar surface area (TPSA) is 49.6 Å². The normalized spacial score (nSPS) is 12.4. The lowest BCUT2D eigenvalue weighted by Crippen LogP contribution is -2.38. The largest absolute Gasteiger partial charge is 0.359 e. The first-order valence-corrected chi connectivity index (χ1v) is 7.84. The maximum absolute atomic E-state index is 12.9. The third-order valence-corrected chi connectivity index (χ3v) is 3.88. The predicted octanol–water partition coefficient (Wildman–Crippen LogP) is 2.81. The molecule has 1 unspecified atom stereocenters. The average Bonchev–Trinajstić information content (AvgIpc) is 2.96. The molecule has 0 aliphatic rings. The van der Waals surface area contributed by atoms with Gasteiger partial charge < -0.3 is 9.42 Å². The van der Waals surface area contributed by atoms with E-state index in [2.05, 4.69) is 5.16 Å². The molecule has 0 aliphatic heterocycles. The summed E-state index contributed by atoms with van der Waals surface area (Å²) in [7, 11) is 5.63. The molecular formula is C18H25N3O2. The Morgan fingerprint density at radius 2 is 1.87 bits per heavy atom. The van der Waals surface area contributed by atoms with Crippen molar-refractivity contribution in [3.05, 3.63) is 52.9 Å². The second-order valence-electron chi connectivity index (χ2n) is 6.11. The summed E-state index contributed by atoms with van der Waals surface area (Å²) in [5.74, 6) is 0.743. The van der Waals surface area contributed by atoms with Gasteiger partial charge in [-0.1, -0.05) is 41.9 Å². The SMILES string of the molecule is CCc1cc(CN(C)C(=O)C(c2ccc(C)cc2)N(C)C)on1. The summed E-state index contributed by atoms with van der Waals surface area (Å²) in [4.78, 5) is 16.5. The van der Waals surface area contributed by atoms with E-state index >= 15 is 0 Å². The van der Waals surface area contributed by atoms with Crippen molar-refractivity contribution in [1.82, 2.24) is 15.0 Å². The molecule has 0 N–H and O–H groups in total. The monoisotopic (exact) mass is 315 g/mol. The second-order valence-corrected chi connectivity index (χ2v) is 6.11. The summed E-state index contributed by atoms with van der Waals surface area (Å²) in [6, 6.07) is 9.67. The van der Waals surface area contributed by atoms with Gasteiger partial charge in [0.25, 0.3) is 0 Å². The summed E-state index contributed by atoms with van der Waals surface area (Å²) in [6.07, 6.45) is 0.824. The Bertz CT molecular complexity index is 647. The molecule has 2 aromatic rings. The Hall–Kier alpha value is -2.14. The summed E-state index contributed by atoms with van der Waals surface area (Å²) < 4.78 is 5.28. The second kappa shape index (κ2) is 7.42. The van der Waals surface area contributed by atoms with Crippen LogP contribution in [0.4, 0.5) is 0 Å². The molecule has 0 bridgehead atoms. The zero-order valence-corrected chi connectivity index (χ0v) is 14.5. The minimum Gasteiger partial charge on any atom is -0.359 e. The van der Waals surface area contributed by atoms with E-state index in [9.17, 15) is 4.79 Å². The highest BCUT2D eigenvalue weighted by Gasteiger charge is 2.26. The van der Waals surface area contributed by atoms with Gasteiger partial charge in [0, 0.05) is 13.1 Å². The van der Waals surface area contributed by atoms with E-state index in [0.717, 1.165) is 17.7 Å². The first-order valence-electron chi connectivity index (χ1n) is 7.84. The number of hydrogen-bond acceptors (Lipinski definition) is 4. The molecule has 1 heterocycles. The van der Waals surface area contributed by atoms with Crippen LogP contribution < -0.4 is 0 Å². The number of nitrogens with zero attached hydrogens (tertiary/aromatic N) is 3. The molecule has 1 aromatic heterocycles. The number of carbonyl (C=O) groups excluding carboxylic acids is 1. The van der Waals surface area contributed by atoms with Crippen molar-refractivity contribution in [3.63, 3.8) is 0 Å². The fourth-order valence-corrected chi connectivity index (χ4v) is 2.53. The first kappa shape index (κ1) is 17.2. The molecule has 124 valence electrons. The molecule has 0 saturated heterocycles. The molecule has 0 aliphatic carbocycles. The fraction of sp³-hybridized carbons (Fsp3) is 0.444. The van der Waals surface area contributed by atoms with Gasteiger partial charge in [0.2, 0.25) is 5.91 Å². The third-order valence-electron chi connectivity index (χ3n) is 3.88. The lowest BCUT2D eigenvalue weighted by molar-refractivity contribution is -0.135. The lowest BCUT2D eigenvalue weighted by atomic mass is 10.0. The van der Waals surface area contributed by atoms with Crippen LogP contribution in [-0.4, -0.2) is 42.0 Å². The number of aromatic nitrogens is 1. The van der Waals surface area contributed by atoms with Crippen molar-refractivity contribution in [2.75, 3.05) is 21.1 Å². The van der Waals surface area contributed by atoms with E-state index in [0.29, 0.717) is 12.3 Å². The van der Waals surface area contributed by atoms with Crippen LogP contribution in [0, 0.1) is 6.92 Å². The van der Waals surface area contributed by atoms with E-state index in [4.69, 9.17) is 4.52 Å². The highest BCUT2D eigenvalue weighted by atomic mass is 16.5. The minimum absolute atomic E-state index is 0.0355. The lowest BCUT2D eigenvalue weighted by Gasteiger charge is -2.28. The zero-order valence-electron chi connectivity index (χ0n) is 14.5. The van der Waals surface area contributed by atoms with Crippen LogP contribution in [0.25, 0.3) is 0 Å². The number of rotatable bonds is 6. The van der Waals surface area contributed by atoms with Crippen LogP contribution in [0.5, 0.6) is 0 Å². The number of benzene rings is 1. The molecule has 1 amide bonds.